The van der Waals surface area contributed by atoms with Gasteiger partial charge in [0.2, 0.25) is 0 Å². The van der Waals surface area contributed by atoms with Crippen LogP contribution in [0.1, 0.15) is 71.4 Å². The molecule has 2 aliphatic carbocycles. The monoisotopic (exact) mass is 354 g/mol. The molecule has 4 rings (SSSR count). The third-order valence-corrected chi connectivity index (χ3v) is 5.48. The number of allylic oxidation sites excluding steroid dienone is 2. The molecule has 0 aliphatic heterocycles. The van der Waals surface area contributed by atoms with Crippen molar-refractivity contribution in [1.82, 2.24) is 0 Å². The summed E-state index contributed by atoms with van der Waals surface area (Å²) in [6.45, 7) is 7.64. The molecule has 0 saturated heterocycles. The molecule has 26 heavy (non-hydrogen) atoms. The van der Waals surface area contributed by atoms with E-state index in [1.165, 1.54) is 24.8 Å². The van der Waals surface area contributed by atoms with E-state index in [4.69, 9.17) is 0 Å². The molecule has 0 aromatic heterocycles. The van der Waals surface area contributed by atoms with Gasteiger partial charge < -0.3 is 0 Å². The van der Waals surface area contributed by atoms with E-state index in [1.807, 2.05) is 52.0 Å². The molecular formula is C24H28F2. The Balaban J connectivity index is 0.000000152. The Bertz CT molecular complexity index is 842. The summed E-state index contributed by atoms with van der Waals surface area (Å²) in [6, 6.07) is 7.74. The van der Waals surface area contributed by atoms with Crippen LogP contribution in [-0.4, -0.2) is 0 Å². The predicted octanol–water partition coefficient (Wildman–Crippen LogP) is 7.33. The molecule has 0 bridgehead atoms. The SMILES string of the molecule is Cc1ccc(C)c(C2=CCCC2)c1F.Cc1ccc(C)c(C2CC2)c1F. The Morgan fingerprint density at radius 3 is 1.92 bits per heavy atom. The summed E-state index contributed by atoms with van der Waals surface area (Å²) >= 11 is 0. The van der Waals surface area contributed by atoms with Crippen LogP contribution in [0.2, 0.25) is 0 Å². The molecule has 0 spiro atoms. The third-order valence-electron chi connectivity index (χ3n) is 5.48. The van der Waals surface area contributed by atoms with Gasteiger partial charge in [-0.15, -0.1) is 0 Å². The lowest BCUT2D eigenvalue weighted by Crippen LogP contribution is -1.95. The molecule has 2 aromatic carbocycles. The zero-order chi connectivity index (χ0) is 18.8. The van der Waals surface area contributed by atoms with Crippen molar-refractivity contribution >= 4 is 5.57 Å². The van der Waals surface area contributed by atoms with Crippen molar-refractivity contribution in [3.8, 4) is 0 Å². The van der Waals surface area contributed by atoms with E-state index in [9.17, 15) is 8.78 Å². The lowest BCUT2D eigenvalue weighted by atomic mass is 9.97. The highest BCUT2D eigenvalue weighted by molar-refractivity contribution is 5.70. The van der Waals surface area contributed by atoms with E-state index in [-0.39, 0.29) is 11.6 Å². The van der Waals surface area contributed by atoms with Crippen molar-refractivity contribution in [2.45, 2.75) is 65.7 Å². The van der Waals surface area contributed by atoms with Crippen LogP contribution in [0, 0.1) is 39.3 Å². The van der Waals surface area contributed by atoms with Crippen LogP contribution < -0.4 is 0 Å². The van der Waals surface area contributed by atoms with Crippen molar-refractivity contribution in [3.05, 3.63) is 75.4 Å². The molecule has 1 saturated carbocycles. The summed E-state index contributed by atoms with van der Waals surface area (Å²) < 4.78 is 27.4. The van der Waals surface area contributed by atoms with Crippen LogP contribution in [0.15, 0.2) is 30.3 Å². The highest BCUT2D eigenvalue weighted by Crippen LogP contribution is 2.43. The second kappa shape index (κ2) is 7.73. The molecule has 0 radical (unpaired) electrons. The van der Waals surface area contributed by atoms with Crippen molar-refractivity contribution in [2.24, 2.45) is 0 Å². The molecule has 1 fully saturated rings. The van der Waals surface area contributed by atoms with Crippen molar-refractivity contribution in [2.75, 3.05) is 0 Å². The van der Waals surface area contributed by atoms with Gasteiger partial charge in [-0.1, -0.05) is 30.3 Å². The largest absolute Gasteiger partial charge is 0.206 e. The first kappa shape index (κ1) is 18.8. The van der Waals surface area contributed by atoms with Crippen LogP contribution in [0.5, 0.6) is 0 Å². The average molecular weight is 354 g/mol. The molecule has 138 valence electrons. The first-order valence-electron chi connectivity index (χ1n) is 9.60. The van der Waals surface area contributed by atoms with Gasteiger partial charge in [0.05, 0.1) is 0 Å². The van der Waals surface area contributed by atoms with Crippen LogP contribution in [0.25, 0.3) is 5.57 Å². The Labute approximate surface area is 156 Å². The average Bonchev–Trinajstić information content (AvgIpc) is 3.30. The highest BCUT2D eigenvalue weighted by Gasteiger charge is 2.28. The number of halogens is 2. The highest BCUT2D eigenvalue weighted by atomic mass is 19.1. The van der Waals surface area contributed by atoms with Crippen molar-refractivity contribution in [3.63, 3.8) is 0 Å². The van der Waals surface area contributed by atoms with Crippen LogP contribution in [-0.2, 0) is 0 Å². The summed E-state index contributed by atoms with van der Waals surface area (Å²) in [6.07, 6.45) is 7.80. The molecular weight excluding hydrogens is 326 g/mol. The molecule has 2 aliphatic rings. The van der Waals surface area contributed by atoms with Gasteiger partial charge in [-0.05, 0) is 99.1 Å². The molecule has 0 nitrogen and oxygen atoms in total. The summed E-state index contributed by atoms with van der Waals surface area (Å²) in [7, 11) is 0. The fourth-order valence-corrected chi connectivity index (χ4v) is 3.74. The molecule has 0 heterocycles. The minimum absolute atomic E-state index is 0.0255. The zero-order valence-electron chi connectivity index (χ0n) is 16.3. The topological polar surface area (TPSA) is 0 Å². The van der Waals surface area contributed by atoms with E-state index in [2.05, 4.69) is 6.08 Å². The van der Waals surface area contributed by atoms with Crippen LogP contribution in [0.4, 0.5) is 8.78 Å². The van der Waals surface area contributed by atoms with E-state index in [1.54, 1.807) is 0 Å². The number of hydrogen-bond acceptors (Lipinski definition) is 0. The fourth-order valence-electron chi connectivity index (χ4n) is 3.74. The molecule has 0 N–H and O–H groups in total. The van der Waals surface area contributed by atoms with Gasteiger partial charge in [0.15, 0.2) is 0 Å². The number of rotatable bonds is 2. The number of aryl methyl sites for hydroxylation is 4. The van der Waals surface area contributed by atoms with Gasteiger partial charge in [-0.3, -0.25) is 0 Å². The Kier molecular flexibility index (Phi) is 5.60. The first-order valence-corrected chi connectivity index (χ1v) is 9.60. The normalized spacial score (nSPS) is 16.2. The maximum absolute atomic E-state index is 13.9. The second-order valence-corrected chi connectivity index (χ2v) is 7.71. The standard InChI is InChI=1S/C13H15F.C11H13F/c1-9-7-8-10(2)13(14)12(9)11-5-3-4-6-11;1-7-3-4-8(2)11(12)10(7)9-5-6-9/h5,7-8H,3-4,6H2,1-2H3;3-4,9H,5-6H2,1-2H3. The Morgan fingerprint density at radius 1 is 0.769 bits per heavy atom. The summed E-state index contributed by atoms with van der Waals surface area (Å²) in [4.78, 5) is 0. The summed E-state index contributed by atoms with van der Waals surface area (Å²) in [5, 5.41) is 0. The molecule has 2 aromatic rings. The molecule has 0 amide bonds. The Hall–Kier alpha value is -1.96. The zero-order valence-corrected chi connectivity index (χ0v) is 16.3. The molecule has 2 heteroatoms. The second-order valence-electron chi connectivity index (χ2n) is 7.71. The van der Waals surface area contributed by atoms with Gasteiger partial charge >= 0.3 is 0 Å². The van der Waals surface area contributed by atoms with Gasteiger partial charge in [0, 0.05) is 5.56 Å². The fraction of sp³-hybridized carbons (Fsp3) is 0.417. The number of hydrogen-bond donors (Lipinski definition) is 0. The summed E-state index contributed by atoms with van der Waals surface area (Å²) in [5.74, 6) is 0.514. The van der Waals surface area contributed by atoms with Gasteiger partial charge in [0.25, 0.3) is 0 Å². The van der Waals surface area contributed by atoms with Gasteiger partial charge in [-0.25, -0.2) is 8.78 Å². The minimum atomic E-state index is -0.0295. The van der Waals surface area contributed by atoms with E-state index < -0.39 is 0 Å². The lowest BCUT2D eigenvalue weighted by Gasteiger charge is -2.10. The third kappa shape index (κ3) is 3.90. The minimum Gasteiger partial charge on any atom is -0.206 e. The van der Waals surface area contributed by atoms with Gasteiger partial charge in [-0.2, -0.15) is 0 Å². The maximum atomic E-state index is 13.9. The quantitative estimate of drug-likeness (QED) is 0.529. The smallest absolute Gasteiger partial charge is 0.133 e. The van der Waals surface area contributed by atoms with E-state index in [0.29, 0.717) is 5.92 Å². The van der Waals surface area contributed by atoms with Gasteiger partial charge in [0.1, 0.15) is 11.6 Å². The number of benzene rings is 2. The van der Waals surface area contributed by atoms with Crippen LogP contribution >= 0.6 is 0 Å². The predicted molar refractivity (Wildman–Crippen MR) is 106 cm³/mol. The molecule has 0 atom stereocenters. The van der Waals surface area contributed by atoms with Crippen molar-refractivity contribution < 1.29 is 8.78 Å². The van der Waals surface area contributed by atoms with Crippen LogP contribution in [0.3, 0.4) is 0 Å². The Morgan fingerprint density at radius 2 is 1.35 bits per heavy atom. The maximum Gasteiger partial charge on any atom is 0.133 e. The lowest BCUT2D eigenvalue weighted by molar-refractivity contribution is 0.599. The van der Waals surface area contributed by atoms with E-state index in [0.717, 1.165) is 46.2 Å². The molecule has 0 unspecified atom stereocenters. The van der Waals surface area contributed by atoms with Crippen molar-refractivity contribution in [1.29, 1.82) is 0 Å². The van der Waals surface area contributed by atoms with E-state index >= 15 is 0 Å². The summed E-state index contributed by atoms with van der Waals surface area (Å²) in [5.41, 5.74) is 6.71. The first-order chi connectivity index (χ1) is 12.4.